The highest BCUT2D eigenvalue weighted by molar-refractivity contribution is 7.93. The first-order valence-corrected chi connectivity index (χ1v) is 13.7. The number of rotatable bonds is 7. The van der Waals surface area contributed by atoms with Crippen molar-refractivity contribution in [3.8, 4) is 22.8 Å². The fourth-order valence-electron chi connectivity index (χ4n) is 4.06. The third kappa shape index (κ3) is 5.25. The molecule has 0 spiro atoms. The highest BCUT2D eigenvalue weighted by Gasteiger charge is 2.32. The maximum absolute atomic E-state index is 13.8. The molecular weight excluding hydrogens is 551 g/mol. The third-order valence-corrected chi connectivity index (χ3v) is 8.66. The number of sulfonamides is 1. The Balaban J connectivity index is 1.55. The van der Waals surface area contributed by atoms with Crippen molar-refractivity contribution >= 4 is 37.3 Å². The van der Waals surface area contributed by atoms with E-state index in [-0.39, 0.29) is 27.8 Å². The number of alkyl halides is 3. The summed E-state index contributed by atoms with van der Waals surface area (Å²) >= 11 is 1.18. The van der Waals surface area contributed by atoms with E-state index in [0.717, 1.165) is 17.7 Å². The SMILES string of the molecule is COc1ccc(CN(c2nccs2)S(=O)(=O)c2ccc3c(-c4ccc(C(F)(F)F)cc4O)nccc3c2)cc1. The molecule has 0 fully saturated rings. The van der Waals surface area contributed by atoms with Crippen LogP contribution in [0.2, 0.25) is 0 Å². The number of halogens is 3. The van der Waals surface area contributed by atoms with Crippen molar-refractivity contribution in [2.75, 3.05) is 11.4 Å². The predicted molar refractivity (Wildman–Crippen MR) is 142 cm³/mol. The van der Waals surface area contributed by atoms with Crippen molar-refractivity contribution in [1.82, 2.24) is 9.97 Å². The fourth-order valence-corrected chi connectivity index (χ4v) is 6.37. The highest BCUT2D eigenvalue weighted by atomic mass is 32.2. The smallest absolute Gasteiger partial charge is 0.416 e. The van der Waals surface area contributed by atoms with Gasteiger partial charge in [-0.05, 0) is 59.5 Å². The molecular formula is C27H20F3N3O4S2. The molecule has 39 heavy (non-hydrogen) atoms. The van der Waals surface area contributed by atoms with Crippen molar-refractivity contribution in [3.05, 3.63) is 95.6 Å². The first kappa shape index (κ1) is 26.4. The minimum absolute atomic E-state index is 0.00694. The van der Waals surface area contributed by atoms with E-state index in [1.807, 2.05) is 0 Å². The minimum atomic E-state index is -4.61. The Morgan fingerprint density at radius 1 is 0.974 bits per heavy atom. The molecule has 3 aromatic carbocycles. The van der Waals surface area contributed by atoms with E-state index in [0.29, 0.717) is 22.6 Å². The van der Waals surface area contributed by atoms with Gasteiger partial charge in [0.05, 0.1) is 29.8 Å². The second-order valence-electron chi connectivity index (χ2n) is 8.45. The summed E-state index contributed by atoms with van der Waals surface area (Å²) < 4.78 is 73.2. The van der Waals surface area contributed by atoms with Crippen LogP contribution in [0.3, 0.4) is 0 Å². The molecule has 200 valence electrons. The summed E-state index contributed by atoms with van der Waals surface area (Å²) in [6, 6.07) is 15.6. The standard InChI is InChI=1S/C27H20F3N3O4S2/c1-37-20-5-2-17(3-6-20)16-33(26-32-12-13-38-26)39(35,36)21-7-9-22-18(14-21)10-11-31-25(22)23-8-4-19(15-24(23)34)27(28,29)30/h2-15,34H,16H2,1H3. The van der Waals surface area contributed by atoms with Gasteiger partial charge in [-0.3, -0.25) is 4.98 Å². The summed E-state index contributed by atoms with van der Waals surface area (Å²) in [6.07, 6.45) is -1.69. The van der Waals surface area contributed by atoms with E-state index in [4.69, 9.17) is 4.74 Å². The molecule has 0 atom stereocenters. The summed E-state index contributed by atoms with van der Waals surface area (Å²) in [5.41, 5.74) is 0.0435. The number of benzene rings is 3. The van der Waals surface area contributed by atoms with E-state index < -0.39 is 27.5 Å². The van der Waals surface area contributed by atoms with Crippen molar-refractivity contribution in [3.63, 3.8) is 0 Å². The average Bonchev–Trinajstić information content (AvgIpc) is 3.45. The largest absolute Gasteiger partial charge is 0.507 e. The van der Waals surface area contributed by atoms with Gasteiger partial charge in [0.1, 0.15) is 11.5 Å². The van der Waals surface area contributed by atoms with Gasteiger partial charge in [0, 0.05) is 28.7 Å². The van der Waals surface area contributed by atoms with Gasteiger partial charge in [-0.25, -0.2) is 17.7 Å². The normalized spacial score (nSPS) is 12.0. The molecule has 0 radical (unpaired) electrons. The van der Waals surface area contributed by atoms with E-state index in [1.165, 1.54) is 46.2 Å². The van der Waals surface area contributed by atoms with Crippen LogP contribution in [0.15, 0.2) is 89.4 Å². The number of methoxy groups -OCH3 is 1. The molecule has 0 aliphatic heterocycles. The van der Waals surface area contributed by atoms with Crippen LogP contribution in [0.1, 0.15) is 11.1 Å². The lowest BCUT2D eigenvalue weighted by atomic mass is 10.0. The Kier molecular flexibility index (Phi) is 6.91. The molecule has 5 rings (SSSR count). The fraction of sp³-hybridized carbons (Fsp3) is 0.111. The first-order chi connectivity index (χ1) is 18.6. The van der Waals surface area contributed by atoms with Crippen LogP contribution in [-0.2, 0) is 22.7 Å². The number of aromatic nitrogens is 2. The van der Waals surface area contributed by atoms with Crippen LogP contribution in [0, 0.1) is 0 Å². The third-order valence-electron chi connectivity index (χ3n) is 6.02. The molecule has 0 aliphatic rings. The molecule has 2 heterocycles. The maximum atomic E-state index is 13.8. The summed E-state index contributed by atoms with van der Waals surface area (Å²) in [5.74, 6) is 0.0522. The topological polar surface area (TPSA) is 92.6 Å². The van der Waals surface area contributed by atoms with Crippen LogP contribution in [0.25, 0.3) is 22.0 Å². The Morgan fingerprint density at radius 2 is 1.74 bits per heavy atom. The van der Waals surface area contributed by atoms with Crippen molar-refractivity contribution in [2.24, 2.45) is 0 Å². The molecule has 0 bridgehead atoms. The number of anilines is 1. The van der Waals surface area contributed by atoms with Crippen LogP contribution in [0.5, 0.6) is 11.5 Å². The van der Waals surface area contributed by atoms with Gasteiger partial charge in [-0.1, -0.05) is 18.2 Å². The highest BCUT2D eigenvalue weighted by Crippen LogP contribution is 2.38. The molecule has 0 saturated carbocycles. The number of phenolic OH excluding ortho intramolecular Hbond substituents is 1. The van der Waals surface area contributed by atoms with Crippen molar-refractivity contribution in [1.29, 1.82) is 0 Å². The number of thiazole rings is 1. The van der Waals surface area contributed by atoms with Crippen LogP contribution in [-0.4, -0.2) is 30.6 Å². The summed E-state index contributed by atoms with van der Waals surface area (Å²) in [5, 5.41) is 13.3. The Hall–Kier alpha value is -4.16. The van der Waals surface area contributed by atoms with Gasteiger partial charge >= 0.3 is 6.18 Å². The summed E-state index contributed by atoms with van der Waals surface area (Å²) in [6.45, 7) is 0.0267. The lowest BCUT2D eigenvalue weighted by molar-refractivity contribution is -0.137. The van der Waals surface area contributed by atoms with Crippen LogP contribution >= 0.6 is 11.3 Å². The Morgan fingerprint density at radius 3 is 2.38 bits per heavy atom. The molecule has 0 unspecified atom stereocenters. The Labute approximate surface area is 225 Å². The number of phenols is 1. The van der Waals surface area contributed by atoms with Gasteiger partial charge in [0.15, 0.2) is 5.13 Å². The van der Waals surface area contributed by atoms with Gasteiger partial charge in [0.25, 0.3) is 10.0 Å². The minimum Gasteiger partial charge on any atom is -0.507 e. The molecule has 5 aromatic rings. The Bertz CT molecular complexity index is 1740. The van der Waals surface area contributed by atoms with E-state index >= 15 is 0 Å². The van der Waals surface area contributed by atoms with Gasteiger partial charge in [0.2, 0.25) is 0 Å². The number of nitrogens with zero attached hydrogens (tertiary/aromatic N) is 3. The molecule has 0 aliphatic carbocycles. The number of ether oxygens (including phenoxy) is 1. The number of aromatic hydroxyl groups is 1. The number of hydrogen-bond donors (Lipinski definition) is 1. The van der Waals surface area contributed by atoms with Gasteiger partial charge in [-0.15, -0.1) is 11.3 Å². The molecule has 0 saturated heterocycles. The van der Waals surface area contributed by atoms with Gasteiger partial charge in [-0.2, -0.15) is 13.2 Å². The molecule has 0 amide bonds. The molecule has 2 aromatic heterocycles. The first-order valence-electron chi connectivity index (χ1n) is 11.4. The van der Waals surface area contributed by atoms with E-state index in [1.54, 1.807) is 42.8 Å². The second kappa shape index (κ2) is 10.2. The predicted octanol–water partition coefficient (Wildman–Crippen LogP) is 6.49. The number of fused-ring (bicyclic) bond motifs is 1. The lowest BCUT2D eigenvalue weighted by Crippen LogP contribution is -2.30. The zero-order valence-corrected chi connectivity index (χ0v) is 21.9. The molecule has 12 heteroatoms. The van der Waals surface area contributed by atoms with E-state index in [2.05, 4.69) is 9.97 Å². The van der Waals surface area contributed by atoms with E-state index in [9.17, 15) is 26.7 Å². The molecule has 7 nitrogen and oxygen atoms in total. The van der Waals surface area contributed by atoms with Crippen molar-refractivity contribution in [2.45, 2.75) is 17.6 Å². The number of pyridine rings is 1. The summed E-state index contributed by atoms with van der Waals surface area (Å²) in [4.78, 5) is 8.45. The molecule has 1 N–H and O–H groups in total. The second-order valence-corrected chi connectivity index (χ2v) is 11.2. The maximum Gasteiger partial charge on any atom is 0.416 e. The quantitative estimate of drug-likeness (QED) is 0.240. The zero-order valence-electron chi connectivity index (χ0n) is 20.3. The summed E-state index contributed by atoms with van der Waals surface area (Å²) in [7, 11) is -2.54. The zero-order chi connectivity index (χ0) is 27.8. The monoisotopic (exact) mass is 571 g/mol. The van der Waals surface area contributed by atoms with Crippen molar-refractivity contribution < 1.29 is 31.4 Å². The van der Waals surface area contributed by atoms with Crippen LogP contribution < -0.4 is 9.04 Å². The average molecular weight is 572 g/mol. The lowest BCUT2D eigenvalue weighted by Gasteiger charge is -2.22. The van der Waals surface area contributed by atoms with Crippen LogP contribution in [0.4, 0.5) is 18.3 Å². The number of hydrogen-bond acceptors (Lipinski definition) is 7. The van der Waals surface area contributed by atoms with Gasteiger partial charge < -0.3 is 9.84 Å².